The van der Waals surface area contributed by atoms with Gasteiger partial charge < -0.3 is 24.6 Å². The van der Waals surface area contributed by atoms with Crippen LogP contribution in [0.4, 0.5) is 30.8 Å². The van der Waals surface area contributed by atoms with Gasteiger partial charge in [0.2, 0.25) is 5.95 Å². The molecule has 0 amide bonds. The second-order valence-corrected chi connectivity index (χ2v) is 8.23. The molecule has 4 heterocycles. The van der Waals surface area contributed by atoms with E-state index in [1.807, 2.05) is 18.4 Å². The van der Waals surface area contributed by atoms with Gasteiger partial charge in [-0.2, -0.15) is 18.2 Å². The fourth-order valence-corrected chi connectivity index (χ4v) is 4.21. The SMILES string of the molecule is CO[C@@H]1CCN(c2nccc(Nc3cc4c(cn3)nc(CO)n4C(C)C)n2)C[C@H]1C(F)(F)F. The van der Waals surface area contributed by atoms with Gasteiger partial charge in [0.1, 0.15) is 29.6 Å². The Morgan fingerprint density at radius 2 is 2.03 bits per heavy atom. The number of nitrogens with zero attached hydrogens (tertiary/aromatic N) is 6. The normalized spacial score (nSPS) is 19.5. The van der Waals surface area contributed by atoms with E-state index in [0.29, 0.717) is 29.5 Å². The molecule has 0 aliphatic carbocycles. The van der Waals surface area contributed by atoms with E-state index in [0.717, 1.165) is 5.52 Å². The highest BCUT2D eigenvalue weighted by Crippen LogP contribution is 2.36. The summed E-state index contributed by atoms with van der Waals surface area (Å²) < 4.78 is 47.4. The lowest BCUT2D eigenvalue weighted by molar-refractivity contribution is -0.205. The topological polar surface area (TPSA) is 101 Å². The average Bonchev–Trinajstić information content (AvgIpc) is 3.16. The van der Waals surface area contributed by atoms with Crippen molar-refractivity contribution in [2.75, 3.05) is 30.4 Å². The molecule has 0 bridgehead atoms. The quantitative estimate of drug-likeness (QED) is 0.571. The number of aliphatic hydroxyl groups excluding tert-OH is 1. The number of anilines is 3. The van der Waals surface area contributed by atoms with E-state index >= 15 is 0 Å². The van der Waals surface area contributed by atoms with Crippen molar-refractivity contribution in [3.8, 4) is 0 Å². The Bertz CT molecular complexity index is 1120. The van der Waals surface area contributed by atoms with Crippen LogP contribution in [0.5, 0.6) is 0 Å². The van der Waals surface area contributed by atoms with Gasteiger partial charge in [0, 0.05) is 38.5 Å². The summed E-state index contributed by atoms with van der Waals surface area (Å²) >= 11 is 0. The Balaban J connectivity index is 1.57. The highest BCUT2D eigenvalue weighted by Gasteiger charge is 2.48. The third-order valence-electron chi connectivity index (χ3n) is 5.76. The van der Waals surface area contributed by atoms with Gasteiger partial charge >= 0.3 is 6.18 Å². The first-order valence-corrected chi connectivity index (χ1v) is 10.6. The minimum Gasteiger partial charge on any atom is -0.388 e. The molecule has 12 heteroatoms. The first-order valence-electron chi connectivity index (χ1n) is 10.6. The van der Waals surface area contributed by atoms with E-state index in [1.165, 1.54) is 18.2 Å². The molecule has 3 aromatic rings. The van der Waals surface area contributed by atoms with E-state index in [1.54, 1.807) is 18.3 Å². The van der Waals surface area contributed by atoms with Crippen molar-refractivity contribution in [3.63, 3.8) is 0 Å². The number of methoxy groups -OCH3 is 1. The fourth-order valence-electron chi connectivity index (χ4n) is 4.21. The van der Waals surface area contributed by atoms with E-state index in [4.69, 9.17) is 4.74 Å². The zero-order chi connectivity index (χ0) is 23.8. The molecule has 178 valence electrons. The Morgan fingerprint density at radius 3 is 2.70 bits per heavy atom. The molecule has 1 fully saturated rings. The number of imidazole rings is 1. The monoisotopic (exact) mass is 465 g/mol. The molecule has 2 N–H and O–H groups in total. The Morgan fingerprint density at radius 1 is 1.24 bits per heavy atom. The number of hydrogen-bond donors (Lipinski definition) is 2. The molecule has 1 saturated heterocycles. The maximum atomic E-state index is 13.5. The second kappa shape index (κ2) is 9.10. The molecular weight excluding hydrogens is 439 g/mol. The van der Waals surface area contributed by atoms with Gasteiger partial charge in [0.05, 0.1) is 23.7 Å². The summed E-state index contributed by atoms with van der Waals surface area (Å²) in [4.78, 5) is 18.9. The van der Waals surface area contributed by atoms with Crippen molar-refractivity contribution in [1.29, 1.82) is 0 Å². The third kappa shape index (κ3) is 4.71. The minimum atomic E-state index is -4.37. The van der Waals surface area contributed by atoms with Crippen LogP contribution in [0, 0.1) is 5.92 Å². The maximum Gasteiger partial charge on any atom is 0.395 e. The molecule has 33 heavy (non-hydrogen) atoms. The fraction of sp³-hybridized carbons (Fsp3) is 0.524. The summed E-state index contributed by atoms with van der Waals surface area (Å²) in [6.07, 6.45) is -1.93. The number of pyridine rings is 1. The Labute approximate surface area is 188 Å². The van der Waals surface area contributed by atoms with E-state index in [9.17, 15) is 18.3 Å². The van der Waals surface area contributed by atoms with E-state index in [-0.39, 0.29) is 31.6 Å². The van der Waals surface area contributed by atoms with Gasteiger partial charge in [-0.05, 0) is 26.3 Å². The number of aliphatic hydroxyl groups is 1. The lowest BCUT2D eigenvalue weighted by Gasteiger charge is -2.38. The Hall–Kier alpha value is -2.99. The summed E-state index contributed by atoms with van der Waals surface area (Å²) in [6.45, 7) is 3.88. The number of rotatable bonds is 6. The number of aromatic nitrogens is 5. The first kappa shape index (κ1) is 23.2. The summed E-state index contributed by atoms with van der Waals surface area (Å²) in [6, 6.07) is 3.50. The van der Waals surface area contributed by atoms with Gasteiger partial charge in [-0.15, -0.1) is 0 Å². The van der Waals surface area contributed by atoms with Crippen molar-refractivity contribution in [3.05, 3.63) is 30.4 Å². The van der Waals surface area contributed by atoms with Crippen LogP contribution in [-0.2, 0) is 11.3 Å². The molecular formula is C21H26F3N7O2. The van der Waals surface area contributed by atoms with Crippen molar-refractivity contribution in [2.24, 2.45) is 5.92 Å². The maximum absolute atomic E-state index is 13.5. The molecule has 0 aromatic carbocycles. The number of alkyl halides is 3. The lowest BCUT2D eigenvalue weighted by atomic mass is 9.94. The second-order valence-electron chi connectivity index (χ2n) is 8.23. The first-order chi connectivity index (χ1) is 15.7. The smallest absolute Gasteiger partial charge is 0.388 e. The van der Waals surface area contributed by atoms with Crippen LogP contribution in [0.15, 0.2) is 24.5 Å². The molecule has 9 nitrogen and oxygen atoms in total. The molecule has 3 aromatic heterocycles. The van der Waals surface area contributed by atoms with Gasteiger partial charge in [-0.25, -0.2) is 15.0 Å². The van der Waals surface area contributed by atoms with Gasteiger partial charge in [0.25, 0.3) is 0 Å². The molecule has 4 rings (SSSR count). The summed E-state index contributed by atoms with van der Waals surface area (Å²) in [5.74, 6) is 0.0335. The summed E-state index contributed by atoms with van der Waals surface area (Å²) in [7, 11) is 1.30. The molecule has 0 unspecified atom stereocenters. The molecule has 2 atom stereocenters. The van der Waals surface area contributed by atoms with Crippen LogP contribution in [-0.4, -0.2) is 62.1 Å². The molecule has 0 saturated carbocycles. The number of fused-ring (bicyclic) bond motifs is 1. The highest BCUT2D eigenvalue weighted by molar-refractivity contribution is 5.79. The van der Waals surface area contributed by atoms with Crippen molar-refractivity contribution >= 4 is 28.6 Å². The van der Waals surface area contributed by atoms with Crippen LogP contribution < -0.4 is 10.2 Å². The van der Waals surface area contributed by atoms with E-state index in [2.05, 4.69) is 25.3 Å². The van der Waals surface area contributed by atoms with Gasteiger partial charge in [-0.3, -0.25) is 0 Å². The number of piperidine rings is 1. The van der Waals surface area contributed by atoms with Crippen molar-refractivity contribution < 1.29 is 23.0 Å². The lowest BCUT2D eigenvalue weighted by Crippen LogP contribution is -2.50. The van der Waals surface area contributed by atoms with Crippen molar-refractivity contribution in [2.45, 2.75) is 45.2 Å². The van der Waals surface area contributed by atoms with Crippen LogP contribution in [0.1, 0.15) is 32.1 Å². The molecule has 0 radical (unpaired) electrons. The number of halogens is 3. The van der Waals surface area contributed by atoms with Gasteiger partial charge in [0.15, 0.2) is 0 Å². The standard InChI is InChI=1S/C21H26F3N7O2/c1-12(2)31-15-8-18(26-9-14(15)27-19(31)11-32)28-17-4-6-25-20(29-17)30-7-5-16(33-3)13(10-30)21(22,23)24/h4,6,8-9,12-13,16,32H,5,7,10-11H2,1-3H3,(H,25,26,28,29)/t13-,16-/m1/s1. The third-order valence-corrected chi connectivity index (χ3v) is 5.76. The van der Waals surface area contributed by atoms with Crippen LogP contribution in [0.25, 0.3) is 11.0 Å². The summed E-state index contributed by atoms with van der Waals surface area (Å²) in [5, 5.41) is 12.7. The number of ether oxygens (including phenoxy) is 1. The highest BCUT2D eigenvalue weighted by atomic mass is 19.4. The predicted molar refractivity (Wildman–Crippen MR) is 116 cm³/mol. The Kier molecular flexibility index (Phi) is 6.39. The van der Waals surface area contributed by atoms with Gasteiger partial charge in [-0.1, -0.05) is 0 Å². The average molecular weight is 465 g/mol. The largest absolute Gasteiger partial charge is 0.395 e. The van der Waals surface area contributed by atoms with Crippen LogP contribution in [0.2, 0.25) is 0 Å². The zero-order valence-electron chi connectivity index (χ0n) is 18.5. The molecule has 0 spiro atoms. The van der Waals surface area contributed by atoms with E-state index < -0.39 is 18.2 Å². The van der Waals surface area contributed by atoms with Crippen LogP contribution in [0.3, 0.4) is 0 Å². The molecule has 1 aliphatic rings. The molecule has 1 aliphatic heterocycles. The van der Waals surface area contributed by atoms with Crippen molar-refractivity contribution in [1.82, 2.24) is 24.5 Å². The number of nitrogens with one attached hydrogen (secondary N) is 1. The van der Waals surface area contributed by atoms with Crippen LogP contribution >= 0.6 is 0 Å². The summed E-state index contributed by atoms with van der Waals surface area (Å²) in [5.41, 5.74) is 1.45. The predicted octanol–water partition coefficient (Wildman–Crippen LogP) is 3.44. The zero-order valence-corrected chi connectivity index (χ0v) is 18.5. The number of hydrogen-bond acceptors (Lipinski definition) is 8. The minimum absolute atomic E-state index is 0.0784.